The predicted octanol–water partition coefficient (Wildman–Crippen LogP) is 1.88. The van der Waals surface area contributed by atoms with Gasteiger partial charge < -0.3 is 14.7 Å². The van der Waals surface area contributed by atoms with Crippen LogP contribution in [-0.2, 0) is 11.8 Å². The van der Waals surface area contributed by atoms with Crippen molar-refractivity contribution in [1.82, 2.24) is 14.7 Å². The number of aliphatic hydroxyl groups excluding tert-OH is 1. The number of carbonyl (C=O) groups is 1. The fourth-order valence-electron chi connectivity index (χ4n) is 2.35. The average molecular weight is 346 g/mol. The van der Waals surface area contributed by atoms with Gasteiger partial charge in [0.25, 0.3) is 0 Å². The van der Waals surface area contributed by atoms with Gasteiger partial charge in [-0.3, -0.25) is 4.68 Å². The van der Waals surface area contributed by atoms with Crippen molar-refractivity contribution in [1.29, 1.82) is 0 Å². The summed E-state index contributed by atoms with van der Waals surface area (Å²) in [6.45, 7) is 6.19. The second kappa shape index (κ2) is 5.37. The first kappa shape index (κ1) is 15.3. The molecule has 1 amide bonds. The van der Waals surface area contributed by atoms with E-state index in [1.807, 2.05) is 33.9 Å². The normalized spacial score (nSPS) is 23.2. The van der Waals surface area contributed by atoms with E-state index in [4.69, 9.17) is 4.74 Å². The number of likely N-dealkylation sites (tertiary alicyclic amines) is 1. The Hall–Kier alpha value is -1.08. The molecule has 0 bridgehead atoms. The van der Waals surface area contributed by atoms with Crippen molar-refractivity contribution in [3.8, 4) is 0 Å². The molecule has 20 heavy (non-hydrogen) atoms. The zero-order valence-electron chi connectivity index (χ0n) is 12.1. The molecule has 1 N–H and O–H groups in total. The van der Waals surface area contributed by atoms with Crippen LogP contribution in [0.2, 0.25) is 0 Å². The number of ether oxygens (including phenoxy) is 1. The molecular formula is C13H20BrN3O3. The van der Waals surface area contributed by atoms with Gasteiger partial charge in [0, 0.05) is 25.2 Å². The molecule has 2 heterocycles. The molecule has 1 aromatic rings. The number of carbonyl (C=O) groups excluding carboxylic acids is 1. The molecule has 1 aliphatic rings. The van der Waals surface area contributed by atoms with E-state index in [0.717, 1.165) is 10.3 Å². The van der Waals surface area contributed by atoms with Gasteiger partial charge in [-0.05, 0) is 42.8 Å². The van der Waals surface area contributed by atoms with Crippen LogP contribution in [0, 0.1) is 0 Å². The molecule has 1 aliphatic heterocycles. The number of amides is 1. The minimum Gasteiger partial charge on any atom is -0.444 e. The van der Waals surface area contributed by atoms with Crippen LogP contribution in [0.3, 0.4) is 0 Å². The number of nitrogens with zero attached hydrogens (tertiary/aromatic N) is 3. The van der Waals surface area contributed by atoms with Gasteiger partial charge in [-0.1, -0.05) is 0 Å². The van der Waals surface area contributed by atoms with Crippen molar-refractivity contribution >= 4 is 22.0 Å². The summed E-state index contributed by atoms with van der Waals surface area (Å²) in [5.41, 5.74) is 0.366. The molecule has 2 atom stereocenters. The van der Waals surface area contributed by atoms with Crippen molar-refractivity contribution in [2.24, 2.45) is 7.05 Å². The molecule has 1 aromatic heterocycles. The van der Waals surface area contributed by atoms with Gasteiger partial charge in [0.15, 0.2) is 0 Å². The van der Waals surface area contributed by atoms with Gasteiger partial charge in [-0.15, -0.1) is 0 Å². The molecular weight excluding hydrogens is 326 g/mol. The Morgan fingerprint density at radius 3 is 2.65 bits per heavy atom. The largest absolute Gasteiger partial charge is 0.444 e. The van der Waals surface area contributed by atoms with Crippen molar-refractivity contribution < 1.29 is 14.6 Å². The van der Waals surface area contributed by atoms with E-state index >= 15 is 0 Å². The van der Waals surface area contributed by atoms with Gasteiger partial charge in [0.05, 0.1) is 12.6 Å². The lowest BCUT2D eigenvalue weighted by molar-refractivity contribution is 0.0270. The summed E-state index contributed by atoms with van der Waals surface area (Å²) in [4.78, 5) is 13.6. The molecule has 0 radical (unpaired) electrons. The summed E-state index contributed by atoms with van der Waals surface area (Å²) in [6.07, 6.45) is -0.995. The minimum absolute atomic E-state index is 0.147. The highest BCUT2D eigenvalue weighted by Crippen LogP contribution is 2.29. The van der Waals surface area contributed by atoms with E-state index in [-0.39, 0.29) is 18.6 Å². The first-order valence-electron chi connectivity index (χ1n) is 6.53. The van der Waals surface area contributed by atoms with Crippen LogP contribution < -0.4 is 0 Å². The van der Waals surface area contributed by atoms with E-state index < -0.39 is 11.7 Å². The first-order valence-corrected chi connectivity index (χ1v) is 7.32. The van der Waals surface area contributed by atoms with E-state index in [9.17, 15) is 9.90 Å². The van der Waals surface area contributed by atoms with Gasteiger partial charge in [0.2, 0.25) is 0 Å². The van der Waals surface area contributed by atoms with Crippen LogP contribution in [-0.4, -0.2) is 50.7 Å². The number of rotatable bonds is 1. The van der Waals surface area contributed by atoms with Crippen LogP contribution in [0.15, 0.2) is 10.7 Å². The SMILES string of the molecule is Cn1nc(Br)cc1[C@@H]1CN(C(=O)OC(C)(C)C)C[C@H]1O. The van der Waals surface area contributed by atoms with E-state index in [1.54, 1.807) is 9.58 Å². The Labute approximate surface area is 126 Å². The maximum atomic E-state index is 12.0. The Balaban J connectivity index is 2.09. The Kier molecular flexibility index (Phi) is 4.11. The smallest absolute Gasteiger partial charge is 0.410 e. The lowest BCUT2D eigenvalue weighted by Crippen LogP contribution is -2.35. The molecule has 1 saturated heterocycles. The number of hydrogen-bond donors (Lipinski definition) is 1. The number of β-amino-alcohol motifs (C(OH)–C–C–N with tert-alkyl or cyclic N) is 1. The third-order valence-electron chi connectivity index (χ3n) is 3.21. The Bertz CT molecular complexity index is 509. The van der Waals surface area contributed by atoms with Crippen molar-refractivity contribution in [2.75, 3.05) is 13.1 Å². The van der Waals surface area contributed by atoms with Crippen LogP contribution >= 0.6 is 15.9 Å². The minimum atomic E-state index is -0.607. The van der Waals surface area contributed by atoms with E-state index in [0.29, 0.717) is 6.54 Å². The first-order chi connectivity index (χ1) is 9.17. The maximum Gasteiger partial charge on any atom is 0.410 e. The molecule has 0 saturated carbocycles. The highest BCUT2D eigenvalue weighted by molar-refractivity contribution is 9.10. The predicted molar refractivity (Wildman–Crippen MR) is 77.5 cm³/mol. The highest BCUT2D eigenvalue weighted by Gasteiger charge is 2.38. The second-order valence-electron chi connectivity index (χ2n) is 6.07. The number of hydrogen-bond acceptors (Lipinski definition) is 4. The summed E-state index contributed by atoms with van der Waals surface area (Å²) >= 11 is 3.31. The van der Waals surface area contributed by atoms with Gasteiger partial charge in [-0.25, -0.2) is 4.79 Å². The fourth-order valence-corrected chi connectivity index (χ4v) is 2.82. The van der Waals surface area contributed by atoms with Crippen molar-refractivity contribution in [3.05, 3.63) is 16.4 Å². The van der Waals surface area contributed by atoms with Gasteiger partial charge in [0.1, 0.15) is 10.2 Å². The number of aromatic nitrogens is 2. The molecule has 112 valence electrons. The molecule has 0 unspecified atom stereocenters. The second-order valence-corrected chi connectivity index (χ2v) is 6.89. The van der Waals surface area contributed by atoms with Gasteiger partial charge in [-0.2, -0.15) is 5.10 Å². The average Bonchev–Trinajstić information content (AvgIpc) is 2.79. The van der Waals surface area contributed by atoms with E-state index in [1.165, 1.54) is 0 Å². The number of halogens is 1. The lowest BCUT2D eigenvalue weighted by atomic mass is 10.0. The summed E-state index contributed by atoms with van der Waals surface area (Å²) < 4.78 is 7.77. The highest BCUT2D eigenvalue weighted by atomic mass is 79.9. The molecule has 1 fully saturated rings. The standard InChI is InChI=1S/C13H20BrN3O3/c1-13(2,3)20-12(19)17-6-8(10(18)7-17)9-5-11(14)15-16(9)4/h5,8,10,18H,6-7H2,1-4H3/t8-,10+/m0/s1. The molecule has 0 aromatic carbocycles. The Morgan fingerprint density at radius 1 is 1.50 bits per heavy atom. The molecule has 2 rings (SSSR count). The maximum absolute atomic E-state index is 12.0. The quantitative estimate of drug-likeness (QED) is 0.843. The molecule has 6 nitrogen and oxygen atoms in total. The third kappa shape index (κ3) is 3.32. The monoisotopic (exact) mass is 345 g/mol. The van der Waals surface area contributed by atoms with Crippen LogP contribution in [0.4, 0.5) is 4.79 Å². The van der Waals surface area contributed by atoms with Crippen molar-refractivity contribution in [2.45, 2.75) is 38.4 Å². The summed E-state index contributed by atoms with van der Waals surface area (Å²) in [5, 5.41) is 14.4. The summed E-state index contributed by atoms with van der Waals surface area (Å²) in [6, 6.07) is 1.87. The Morgan fingerprint density at radius 2 is 2.15 bits per heavy atom. The molecule has 0 spiro atoms. The zero-order valence-corrected chi connectivity index (χ0v) is 13.7. The van der Waals surface area contributed by atoms with Crippen molar-refractivity contribution in [3.63, 3.8) is 0 Å². The van der Waals surface area contributed by atoms with Crippen LogP contribution in [0.5, 0.6) is 0 Å². The lowest BCUT2D eigenvalue weighted by Gasteiger charge is -2.24. The topological polar surface area (TPSA) is 67.6 Å². The fraction of sp³-hybridized carbons (Fsp3) is 0.692. The zero-order chi connectivity index (χ0) is 15.1. The molecule has 7 heteroatoms. The third-order valence-corrected chi connectivity index (χ3v) is 3.59. The van der Waals surface area contributed by atoms with E-state index in [2.05, 4.69) is 21.0 Å². The van der Waals surface area contributed by atoms with Crippen LogP contribution in [0.25, 0.3) is 0 Å². The molecule has 0 aliphatic carbocycles. The van der Waals surface area contributed by atoms with Gasteiger partial charge >= 0.3 is 6.09 Å². The van der Waals surface area contributed by atoms with Crippen LogP contribution in [0.1, 0.15) is 32.4 Å². The summed E-state index contributed by atoms with van der Waals surface area (Å²) in [7, 11) is 1.82. The number of aliphatic hydroxyl groups is 1. The summed E-state index contributed by atoms with van der Waals surface area (Å²) in [5.74, 6) is -0.147. The number of aryl methyl sites for hydroxylation is 1.